The van der Waals surface area contributed by atoms with Crippen molar-refractivity contribution >= 4 is 27.7 Å². The first-order valence-electron chi connectivity index (χ1n) is 9.28. The summed E-state index contributed by atoms with van der Waals surface area (Å²) in [5.41, 5.74) is 1.39. The van der Waals surface area contributed by atoms with Gasteiger partial charge in [0.25, 0.3) is 5.91 Å². The van der Waals surface area contributed by atoms with Gasteiger partial charge in [0.1, 0.15) is 0 Å². The molecule has 7 heteroatoms. The van der Waals surface area contributed by atoms with Crippen molar-refractivity contribution in [3.63, 3.8) is 0 Å². The molecular formula is C20H22BrN3O3. The van der Waals surface area contributed by atoms with Gasteiger partial charge in [-0.2, -0.15) is 0 Å². The Labute approximate surface area is 166 Å². The average Bonchev–Trinajstić information content (AvgIpc) is 3.08. The highest BCUT2D eigenvalue weighted by molar-refractivity contribution is 9.10. The van der Waals surface area contributed by atoms with E-state index in [9.17, 15) is 9.59 Å². The zero-order chi connectivity index (χ0) is 19.0. The van der Waals surface area contributed by atoms with Gasteiger partial charge >= 0.3 is 0 Å². The van der Waals surface area contributed by atoms with Crippen molar-refractivity contribution in [1.82, 2.24) is 15.0 Å². The zero-order valence-electron chi connectivity index (χ0n) is 15.3. The monoisotopic (exact) mass is 431 g/mol. The van der Waals surface area contributed by atoms with Crippen molar-refractivity contribution in [3.05, 3.63) is 51.8 Å². The molecule has 1 saturated carbocycles. The maximum atomic E-state index is 13.3. The molecule has 0 atom stereocenters. The van der Waals surface area contributed by atoms with Gasteiger partial charge in [-0.05, 0) is 37.5 Å². The fraction of sp³-hybridized carbons (Fsp3) is 0.450. The first-order valence-corrected chi connectivity index (χ1v) is 10.1. The number of hydrogen-bond acceptors (Lipinski definition) is 4. The van der Waals surface area contributed by atoms with Gasteiger partial charge in [-0.3, -0.25) is 9.59 Å². The SMILES string of the molecule is Cc1cc(C(=O)N2CCN(C(=O)C3(c4ccc(Br)cc4)CCC3)CC2)on1. The molecule has 2 heterocycles. The van der Waals surface area contributed by atoms with E-state index in [4.69, 9.17) is 4.52 Å². The van der Waals surface area contributed by atoms with E-state index in [2.05, 4.69) is 21.1 Å². The lowest BCUT2D eigenvalue weighted by molar-refractivity contribution is -0.142. The summed E-state index contributed by atoms with van der Waals surface area (Å²) in [5, 5.41) is 3.78. The molecular weight excluding hydrogens is 410 g/mol. The minimum absolute atomic E-state index is 0.158. The van der Waals surface area contributed by atoms with Crippen LogP contribution in [-0.2, 0) is 10.2 Å². The van der Waals surface area contributed by atoms with Gasteiger partial charge in [-0.25, -0.2) is 0 Å². The number of carbonyl (C=O) groups is 2. The van der Waals surface area contributed by atoms with Crippen molar-refractivity contribution in [1.29, 1.82) is 0 Å². The molecule has 0 bridgehead atoms. The zero-order valence-corrected chi connectivity index (χ0v) is 16.9. The van der Waals surface area contributed by atoms with Crippen LogP contribution in [0, 0.1) is 6.92 Å². The highest BCUT2D eigenvalue weighted by Gasteiger charge is 2.48. The number of piperazine rings is 1. The number of carbonyl (C=O) groups excluding carboxylic acids is 2. The van der Waals surface area contributed by atoms with Crippen molar-refractivity contribution in [3.8, 4) is 0 Å². The number of aryl methyl sites for hydroxylation is 1. The van der Waals surface area contributed by atoms with Gasteiger partial charge in [0.05, 0.1) is 11.1 Å². The lowest BCUT2D eigenvalue weighted by Crippen LogP contribution is -2.57. The standard InChI is InChI=1S/C20H22BrN3O3/c1-14-13-17(27-22-14)18(25)23-9-11-24(12-10-23)19(26)20(7-2-8-20)15-3-5-16(21)6-4-15/h3-6,13H,2,7-12H2,1H3. The maximum Gasteiger partial charge on any atom is 0.292 e. The van der Waals surface area contributed by atoms with E-state index >= 15 is 0 Å². The molecule has 1 aromatic carbocycles. The van der Waals surface area contributed by atoms with Crippen molar-refractivity contribution in [2.75, 3.05) is 26.2 Å². The number of halogens is 1. The van der Waals surface area contributed by atoms with Crippen LogP contribution in [0.2, 0.25) is 0 Å². The number of rotatable bonds is 3. The Morgan fingerprint density at radius 1 is 1.07 bits per heavy atom. The van der Waals surface area contributed by atoms with E-state index in [0.29, 0.717) is 31.9 Å². The first-order chi connectivity index (χ1) is 13.0. The van der Waals surface area contributed by atoms with Crippen LogP contribution in [0.3, 0.4) is 0 Å². The van der Waals surface area contributed by atoms with Crippen LogP contribution >= 0.6 is 15.9 Å². The van der Waals surface area contributed by atoms with Crippen LogP contribution in [0.15, 0.2) is 39.3 Å². The summed E-state index contributed by atoms with van der Waals surface area (Å²) in [7, 11) is 0. The second-order valence-electron chi connectivity index (χ2n) is 7.36. The molecule has 2 fully saturated rings. The summed E-state index contributed by atoms with van der Waals surface area (Å²) in [4.78, 5) is 29.5. The molecule has 0 unspecified atom stereocenters. The Morgan fingerprint density at radius 3 is 2.22 bits per heavy atom. The van der Waals surface area contributed by atoms with E-state index in [1.54, 1.807) is 17.9 Å². The summed E-state index contributed by atoms with van der Waals surface area (Å²) < 4.78 is 6.09. The topological polar surface area (TPSA) is 66.7 Å². The summed E-state index contributed by atoms with van der Waals surface area (Å²) in [6.45, 7) is 3.92. The summed E-state index contributed by atoms with van der Waals surface area (Å²) >= 11 is 3.46. The van der Waals surface area contributed by atoms with Crippen LogP contribution in [0.1, 0.15) is 41.1 Å². The van der Waals surface area contributed by atoms with E-state index < -0.39 is 5.41 Å². The molecule has 6 nitrogen and oxygen atoms in total. The minimum Gasteiger partial charge on any atom is -0.351 e. The molecule has 2 amide bonds. The van der Waals surface area contributed by atoms with Gasteiger partial charge in [0.2, 0.25) is 11.7 Å². The average molecular weight is 432 g/mol. The Hall–Kier alpha value is -2.15. The Balaban J connectivity index is 1.43. The van der Waals surface area contributed by atoms with Crippen LogP contribution in [0.4, 0.5) is 0 Å². The second-order valence-corrected chi connectivity index (χ2v) is 8.28. The minimum atomic E-state index is -0.394. The fourth-order valence-corrected chi connectivity index (χ4v) is 4.23. The van der Waals surface area contributed by atoms with E-state index in [-0.39, 0.29) is 17.6 Å². The third-order valence-corrected chi connectivity index (χ3v) is 6.23. The molecule has 1 aromatic heterocycles. The van der Waals surface area contributed by atoms with Gasteiger partial charge in [-0.15, -0.1) is 0 Å². The predicted molar refractivity (Wildman–Crippen MR) is 103 cm³/mol. The lowest BCUT2D eigenvalue weighted by Gasteiger charge is -2.46. The molecule has 27 heavy (non-hydrogen) atoms. The normalized spacial score (nSPS) is 18.9. The highest BCUT2D eigenvalue weighted by atomic mass is 79.9. The van der Waals surface area contributed by atoms with Gasteiger partial charge in [0, 0.05) is 36.7 Å². The second kappa shape index (κ2) is 7.11. The molecule has 0 radical (unpaired) electrons. The van der Waals surface area contributed by atoms with Crippen LogP contribution in [0.25, 0.3) is 0 Å². The predicted octanol–water partition coefficient (Wildman–Crippen LogP) is 3.15. The fourth-order valence-electron chi connectivity index (χ4n) is 3.96. The molecule has 1 aliphatic heterocycles. The Kier molecular flexibility index (Phi) is 4.80. The largest absolute Gasteiger partial charge is 0.351 e. The number of amides is 2. The van der Waals surface area contributed by atoms with Gasteiger partial charge < -0.3 is 14.3 Å². The van der Waals surface area contributed by atoms with Crippen molar-refractivity contribution < 1.29 is 14.1 Å². The lowest BCUT2D eigenvalue weighted by atomic mass is 9.63. The first kappa shape index (κ1) is 18.2. The molecule has 2 aliphatic rings. The van der Waals surface area contributed by atoms with Crippen molar-refractivity contribution in [2.45, 2.75) is 31.6 Å². The van der Waals surface area contributed by atoms with E-state index in [0.717, 1.165) is 29.3 Å². The molecule has 1 saturated heterocycles. The molecule has 0 spiro atoms. The number of hydrogen-bond donors (Lipinski definition) is 0. The quantitative estimate of drug-likeness (QED) is 0.748. The van der Waals surface area contributed by atoms with Crippen LogP contribution in [-0.4, -0.2) is 52.9 Å². The van der Waals surface area contributed by atoms with Gasteiger partial charge in [-0.1, -0.05) is 39.6 Å². The molecule has 1 aliphatic carbocycles. The maximum absolute atomic E-state index is 13.3. The summed E-state index contributed by atoms with van der Waals surface area (Å²) in [5.74, 6) is 0.297. The van der Waals surface area contributed by atoms with Crippen LogP contribution < -0.4 is 0 Å². The summed E-state index contributed by atoms with van der Waals surface area (Å²) in [6, 6.07) is 9.74. The number of nitrogens with zero attached hydrogens (tertiary/aromatic N) is 3. The van der Waals surface area contributed by atoms with E-state index in [1.807, 2.05) is 29.2 Å². The molecule has 4 rings (SSSR count). The number of aromatic nitrogens is 1. The highest BCUT2D eigenvalue weighted by Crippen LogP contribution is 2.45. The van der Waals surface area contributed by atoms with Gasteiger partial charge in [0.15, 0.2) is 0 Å². The van der Waals surface area contributed by atoms with Crippen LogP contribution in [0.5, 0.6) is 0 Å². The van der Waals surface area contributed by atoms with Crippen molar-refractivity contribution in [2.24, 2.45) is 0 Å². The third kappa shape index (κ3) is 3.29. The number of benzene rings is 1. The Bertz CT molecular complexity index is 850. The summed E-state index contributed by atoms with van der Waals surface area (Å²) in [6.07, 6.45) is 2.86. The molecule has 0 N–H and O–H groups in total. The molecule has 142 valence electrons. The Morgan fingerprint density at radius 2 is 1.70 bits per heavy atom. The molecule has 2 aromatic rings. The smallest absolute Gasteiger partial charge is 0.292 e. The third-order valence-electron chi connectivity index (χ3n) is 5.71. The van der Waals surface area contributed by atoms with E-state index in [1.165, 1.54) is 0 Å².